The second kappa shape index (κ2) is 6.47. The molecule has 1 aromatic heterocycles. The molecule has 0 spiro atoms. The average Bonchev–Trinajstić information content (AvgIpc) is 3.12. The number of rotatable bonds is 3. The summed E-state index contributed by atoms with van der Waals surface area (Å²) < 4.78 is 7.80. The lowest BCUT2D eigenvalue weighted by atomic mass is 9.93. The van der Waals surface area contributed by atoms with Crippen LogP contribution >= 0.6 is 0 Å². The molecule has 3 aromatic carbocycles. The van der Waals surface area contributed by atoms with Crippen LogP contribution in [0.3, 0.4) is 0 Å². The average molecular weight is 355 g/mol. The minimum absolute atomic E-state index is 0.189. The smallest absolute Gasteiger partial charge is 0.204 e. The fourth-order valence-corrected chi connectivity index (χ4v) is 4.04. The number of imidazole rings is 1. The Balaban J connectivity index is 1.67. The number of aromatic nitrogens is 2. The van der Waals surface area contributed by atoms with Crippen molar-refractivity contribution in [2.24, 2.45) is 0 Å². The largest absolute Gasteiger partial charge is 0.497 e. The summed E-state index contributed by atoms with van der Waals surface area (Å²) in [5.74, 6) is 1.80. The van der Waals surface area contributed by atoms with Gasteiger partial charge in [0.2, 0.25) is 5.95 Å². The van der Waals surface area contributed by atoms with E-state index >= 15 is 0 Å². The molecule has 2 atom stereocenters. The number of fused-ring (bicyclic) bond motifs is 3. The molecule has 0 radical (unpaired) electrons. The van der Waals surface area contributed by atoms with E-state index in [-0.39, 0.29) is 12.1 Å². The molecule has 1 aliphatic rings. The Morgan fingerprint density at radius 3 is 2.56 bits per heavy atom. The van der Waals surface area contributed by atoms with Gasteiger partial charge in [0.05, 0.1) is 30.2 Å². The van der Waals surface area contributed by atoms with Crippen LogP contribution in [0.2, 0.25) is 0 Å². The van der Waals surface area contributed by atoms with Crippen LogP contribution in [0.1, 0.15) is 29.6 Å². The molecule has 4 heteroatoms. The molecule has 27 heavy (non-hydrogen) atoms. The highest BCUT2D eigenvalue weighted by Gasteiger charge is 2.31. The van der Waals surface area contributed by atoms with E-state index in [9.17, 15) is 0 Å². The number of hydrogen-bond donors (Lipinski definition) is 1. The van der Waals surface area contributed by atoms with Gasteiger partial charge in [0.1, 0.15) is 5.75 Å². The minimum Gasteiger partial charge on any atom is -0.497 e. The highest BCUT2D eigenvalue weighted by atomic mass is 16.5. The standard InChI is InChI=1S/C23H21N3O/c1-27-18-11-7-10-17(14-18)22-15-20(16-8-3-2-4-9-16)25-23-24-19-12-5-6-13-21(19)26(22)23/h2-14,20,22H,15H2,1H3,(H,24,25)/t20-,22+/m0/s1. The van der Waals surface area contributed by atoms with Crippen molar-refractivity contribution in [1.82, 2.24) is 9.55 Å². The summed E-state index contributed by atoms with van der Waals surface area (Å²) in [6.45, 7) is 0. The molecule has 4 nitrogen and oxygen atoms in total. The van der Waals surface area contributed by atoms with E-state index < -0.39 is 0 Å². The number of nitrogens with zero attached hydrogens (tertiary/aromatic N) is 2. The van der Waals surface area contributed by atoms with Gasteiger partial charge >= 0.3 is 0 Å². The lowest BCUT2D eigenvalue weighted by Gasteiger charge is -2.33. The molecule has 5 rings (SSSR count). The third-order valence-electron chi connectivity index (χ3n) is 5.35. The quantitative estimate of drug-likeness (QED) is 0.549. The molecular weight excluding hydrogens is 334 g/mol. The first kappa shape index (κ1) is 15.9. The van der Waals surface area contributed by atoms with Gasteiger partial charge in [-0.15, -0.1) is 0 Å². The fourth-order valence-electron chi connectivity index (χ4n) is 4.04. The first-order valence-electron chi connectivity index (χ1n) is 9.26. The number of benzene rings is 3. The molecule has 134 valence electrons. The Morgan fingerprint density at radius 2 is 1.70 bits per heavy atom. The first-order chi connectivity index (χ1) is 13.3. The van der Waals surface area contributed by atoms with Gasteiger partial charge in [-0.05, 0) is 41.8 Å². The van der Waals surface area contributed by atoms with Crippen molar-refractivity contribution in [2.45, 2.75) is 18.5 Å². The van der Waals surface area contributed by atoms with Gasteiger partial charge < -0.3 is 14.6 Å². The third kappa shape index (κ3) is 2.74. The molecule has 0 aliphatic carbocycles. The zero-order valence-electron chi connectivity index (χ0n) is 15.2. The molecule has 0 fully saturated rings. The number of nitrogens with one attached hydrogen (secondary N) is 1. The number of anilines is 1. The van der Waals surface area contributed by atoms with Crippen molar-refractivity contribution >= 4 is 17.0 Å². The molecule has 0 amide bonds. The molecular formula is C23H21N3O. The van der Waals surface area contributed by atoms with E-state index in [1.807, 2.05) is 12.1 Å². The molecule has 0 saturated heterocycles. The zero-order valence-corrected chi connectivity index (χ0v) is 15.2. The van der Waals surface area contributed by atoms with Crippen molar-refractivity contribution in [1.29, 1.82) is 0 Å². The van der Waals surface area contributed by atoms with Crippen molar-refractivity contribution in [3.05, 3.63) is 90.0 Å². The van der Waals surface area contributed by atoms with E-state index in [0.29, 0.717) is 0 Å². The maximum atomic E-state index is 5.47. The number of methoxy groups -OCH3 is 1. The summed E-state index contributed by atoms with van der Waals surface area (Å²) in [7, 11) is 1.71. The predicted octanol–water partition coefficient (Wildman–Crippen LogP) is 5.19. The normalized spacial score (nSPS) is 18.7. The molecule has 4 aromatic rings. The lowest BCUT2D eigenvalue weighted by Crippen LogP contribution is -2.27. The second-order valence-corrected chi connectivity index (χ2v) is 6.93. The Hall–Kier alpha value is -3.27. The molecule has 1 aliphatic heterocycles. The van der Waals surface area contributed by atoms with Crippen LogP contribution in [0.4, 0.5) is 5.95 Å². The molecule has 0 unspecified atom stereocenters. The summed E-state index contributed by atoms with van der Waals surface area (Å²) >= 11 is 0. The molecule has 1 N–H and O–H groups in total. The first-order valence-corrected chi connectivity index (χ1v) is 9.26. The highest BCUT2D eigenvalue weighted by Crippen LogP contribution is 2.41. The number of ether oxygens (including phenoxy) is 1. The van der Waals surface area contributed by atoms with E-state index in [1.54, 1.807) is 7.11 Å². The van der Waals surface area contributed by atoms with Gasteiger partial charge in [0.15, 0.2) is 0 Å². The van der Waals surface area contributed by atoms with Gasteiger partial charge in [0.25, 0.3) is 0 Å². The van der Waals surface area contributed by atoms with Crippen molar-refractivity contribution in [2.75, 3.05) is 12.4 Å². The third-order valence-corrected chi connectivity index (χ3v) is 5.35. The van der Waals surface area contributed by atoms with Crippen LogP contribution in [0, 0.1) is 0 Å². The van der Waals surface area contributed by atoms with Crippen LogP contribution in [0.25, 0.3) is 11.0 Å². The summed E-state index contributed by atoms with van der Waals surface area (Å²) in [5.41, 5.74) is 4.69. The molecule has 0 bridgehead atoms. The topological polar surface area (TPSA) is 39.1 Å². The second-order valence-electron chi connectivity index (χ2n) is 6.93. The van der Waals surface area contributed by atoms with E-state index in [0.717, 1.165) is 29.2 Å². The molecule has 2 heterocycles. The number of hydrogen-bond acceptors (Lipinski definition) is 3. The summed E-state index contributed by atoms with van der Waals surface area (Å²) in [5, 5.41) is 3.65. The SMILES string of the molecule is COc1cccc([C@H]2C[C@@H](c3ccccc3)Nc3nc4ccccc4n32)c1. The minimum atomic E-state index is 0.189. The van der Waals surface area contributed by atoms with Crippen molar-refractivity contribution in [3.63, 3.8) is 0 Å². The Morgan fingerprint density at radius 1 is 0.926 bits per heavy atom. The van der Waals surface area contributed by atoms with Crippen LogP contribution < -0.4 is 10.1 Å². The van der Waals surface area contributed by atoms with E-state index in [4.69, 9.17) is 9.72 Å². The number of para-hydroxylation sites is 2. The Bertz CT molecular complexity index is 1090. The van der Waals surface area contributed by atoms with Crippen LogP contribution in [-0.2, 0) is 0 Å². The highest BCUT2D eigenvalue weighted by molar-refractivity contribution is 5.79. The summed E-state index contributed by atoms with van der Waals surface area (Å²) in [6, 6.07) is 27.7. The van der Waals surface area contributed by atoms with Crippen molar-refractivity contribution < 1.29 is 4.74 Å². The van der Waals surface area contributed by atoms with Crippen LogP contribution in [0.5, 0.6) is 5.75 Å². The molecule has 0 saturated carbocycles. The fraction of sp³-hybridized carbons (Fsp3) is 0.174. The van der Waals surface area contributed by atoms with E-state index in [1.165, 1.54) is 11.1 Å². The zero-order chi connectivity index (χ0) is 18.2. The maximum absolute atomic E-state index is 5.47. The Kier molecular flexibility index (Phi) is 3.82. The Labute approximate surface area is 158 Å². The van der Waals surface area contributed by atoms with Gasteiger partial charge in [0, 0.05) is 0 Å². The lowest BCUT2D eigenvalue weighted by molar-refractivity contribution is 0.411. The van der Waals surface area contributed by atoms with Gasteiger partial charge in [-0.2, -0.15) is 0 Å². The summed E-state index contributed by atoms with van der Waals surface area (Å²) in [6.07, 6.45) is 0.949. The summed E-state index contributed by atoms with van der Waals surface area (Å²) in [4.78, 5) is 4.87. The van der Waals surface area contributed by atoms with Crippen LogP contribution in [0.15, 0.2) is 78.9 Å². The predicted molar refractivity (Wildman–Crippen MR) is 108 cm³/mol. The van der Waals surface area contributed by atoms with E-state index in [2.05, 4.69) is 76.6 Å². The van der Waals surface area contributed by atoms with Crippen LogP contribution in [-0.4, -0.2) is 16.7 Å². The van der Waals surface area contributed by atoms with Gasteiger partial charge in [-0.25, -0.2) is 4.98 Å². The van der Waals surface area contributed by atoms with Gasteiger partial charge in [-0.3, -0.25) is 0 Å². The van der Waals surface area contributed by atoms with Crippen molar-refractivity contribution in [3.8, 4) is 5.75 Å². The monoisotopic (exact) mass is 355 g/mol. The van der Waals surface area contributed by atoms with Gasteiger partial charge in [-0.1, -0.05) is 54.6 Å². The maximum Gasteiger partial charge on any atom is 0.204 e.